The summed E-state index contributed by atoms with van der Waals surface area (Å²) in [5.74, 6) is 4.19. The molecule has 92 valence electrons. The van der Waals surface area contributed by atoms with Crippen LogP contribution in [0.4, 0.5) is 0 Å². The number of aromatic amines is 1. The maximum Gasteiger partial charge on any atom is 0.0638 e. The van der Waals surface area contributed by atoms with Gasteiger partial charge in [-0.15, -0.1) is 0 Å². The van der Waals surface area contributed by atoms with Gasteiger partial charge in [0.1, 0.15) is 0 Å². The lowest BCUT2D eigenvalue weighted by Crippen LogP contribution is -2.23. The van der Waals surface area contributed by atoms with Gasteiger partial charge in [-0.2, -0.15) is 5.10 Å². The van der Waals surface area contributed by atoms with Crippen molar-refractivity contribution in [1.82, 2.24) is 15.5 Å². The van der Waals surface area contributed by atoms with Crippen molar-refractivity contribution in [2.75, 3.05) is 0 Å². The van der Waals surface area contributed by atoms with E-state index in [2.05, 4.69) is 29.4 Å². The third-order valence-corrected chi connectivity index (χ3v) is 5.53. The lowest BCUT2D eigenvalue weighted by Gasteiger charge is -2.10. The first-order chi connectivity index (χ1) is 8.25. The van der Waals surface area contributed by atoms with Crippen LogP contribution in [-0.2, 0) is 6.54 Å². The molecule has 3 nitrogen and oxygen atoms in total. The Morgan fingerprint density at radius 1 is 1.24 bits per heavy atom. The van der Waals surface area contributed by atoms with E-state index in [1.165, 1.54) is 30.5 Å². The van der Waals surface area contributed by atoms with Crippen LogP contribution in [0.1, 0.15) is 36.2 Å². The molecule has 4 unspecified atom stereocenters. The fraction of sp³-hybridized carbons (Fsp3) is 0.786. The lowest BCUT2D eigenvalue weighted by molar-refractivity contribution is 0.456. The zero-order valence-corrected chi connectivity index (χ0v) is 10.7. The molecule has 2 N–H and O–H groups in total. The van der Waals surface area contributed by atoms with Crippen molar-refractivity contribution < 1.29 is 0 Å². The van der Waals surface area contributed by atoms with E-state index in [1.807, 2.05) is 0 Å². The largest absolute Gasteiger partial charge is 0.309 e. The smallest absolute Gasteiger partial charge is 0.0638 e. The van der Waals surface area contributed by atoms with Crippen LogP contribution in [0.2, 0.25) is 0 Å². The molecule has 4 atom stereocenters. The van der Waals surface area contributed by atoms with Gasteiger partial charge in [0.05, 0.1) is 5.69 Å². The number of H-pyrrole nitrogens is 1. The quantitative estimate of drug-likeness (QED) is 0.837. The van der Waals surface area contributed by atoms with Crippen molar-refractivity contribution in [3.63, 3.8) is 0 Å². The van der Waals surface area contributed by atoms with Crippen LogP contribution < -0.4 is 5.32 Å². The van der Waals surface area contributed by atoms with Crippen molar-refractivity contribution in [3.8, 4) is 0 Å². The number of aryl methyl sites for hydroxylation is 2. The third kappa shape index (κ3) is 1.35. The summed E-state index contributed by atoms with van der Waals surface area (Å²) < 4.78 is 0. The molecular formula is C14H21N3. The lowest BCUT2D eigenvalue weighted by atomic mass is 10.0. The number of rotatable bonds is 3. The normalized spacial score (nSPS) is 41.9. The molecule has 1 aromatic heterocycles. The number of nitrogens with zero attached hydrogens (tertiary/aromatic N) is 1. The minimum atomic E-state index is 0.829. The Morgan fingerprint density at radius 3 is 2.53 bits per heavy atom. The molecule has 3 fully saturated rings. The van der Waals surface area contributed by atoms with Crippen molar-refractivity contribution in [1.29, 1.82) is 0 Å². The molecule has 0 aliphatic heterocycles. The SMILES string of the molecule is Cc1n[nH]c(C)c1CNC1C2C3CCC(C3)C12. The van der Waals surface area contributed by atoms with Crippen molar-refractivity contribution in [3.05, 3.63) is 17.0 Å². The Kier molecular flexibility index (Phi) is 1.99. The molecule has 0 saturated heterocycles. The summed E-state index contributed by atoms with van der Waals surface area (Å²) in [4.78, 5) is 0. The summed E-state index contributed by atoms with van der Waals surface area (Å²) >= 11 is 0. The van der Waals surface area contributed by atoms with Crippen LogP contribution in [0.15, 0.2) is 0 Å². The van der Waals surface area contributed by atoms with E-state index in [1.54, 1.807) is 0 Å². The molecule has 3 heteroatoms. The number of hydrogen-bond donors (Lipinski definition) is 2. The summed E-state index contributed by atoms with van der Waals surface area (Å²) in [6.45, 7) is 5.22. The highest BCUT2D eigenvalue weighted by Gasteiger charge is 2.64. The molecule has 3 aliphatic rings. The molecule has 0 spiro atoms. The van der Waals surface area contributed by atoms with E-state index >= 15 is 0 Å². The number of aromatic nitrogens is 2. The first-order valence-electron chi connectivity index (χ1n) is 6.99. The predicted octanol–water partition coefficient (Wildman–Crippen LogP) is 2.16. The fourth-order valence-corrected chi connectivity index (χ4v) is 4.65. The second kappa shape index (κ2) is 3.35. The summed E-state index contributed by atoms with van der Waals surface area (Å²) in [7, 11) is 0. The van der Waals surface area contributed by atoms with E-state index in [0.29, 0.717) is 0 Å². The van der Waals surface area contributed by atoms with Crippen LogP contribution in [0.25, 0.3) is 0 Å². The van der Waals surface area contributed by atoms with E-state index in [-0.39, 0.29) is 0 Å². The second-order valence-corrected chi connectivity index (χ2v) is 6.31. The number of fused-ring (bicyclic) bond motifs is 5. The summed E-state index contributed by atoms with van der Waals surface area (Å²) in [5.41, 5.74) is 3.76. The van der Waals surface area contributed by atoms with E-state index in [4.69, 9.17) is 0 Å². The Balaban J connectivity index is 1.41. The van der Waals surface area contributed by atoms with Crippen LogP contribution in [0.5, 0.6) is 0 Å². The summed E-state index contributed by atoms with van der Waals surface area (Å²) in [6, 6.07) is 0.829. The molecule has 1 heterocycles. The molecule has 4 rings (SSSR count). The monoisotopic (exact) mass is 231 g/mol. The first kappa shape index (κ1) is 10.1. The van der Waals surface area contributed by atoms with Crippen molar-refractivity contribution in [2.24, 2.45) is 23.7 Å². The molecule has 3 saturated carbocycles. The minimum Gasteiger partial charge on any atom is -0.309 e. The molecule has 0 aromatic carbocycles. The van der Waals surface area contributed by atoms with Gasteiger partial charge < -0.3 is 5.32 Å². The Morgan fingerprint density at radius 2 is 1.94 bits per heavy atom. The highest BCUT2D eigenvalue weighted by molar-refractivity contribution is 5.24. The summed E-state index contributed by atoms with van der Waals surface area (Å²) in [5, 5.41) is 11.1. The van der Waals surface area contributed by atoms with Crippen LogP contribution in [0.3, 0.4) is 0 Å². The zero-order valence-electron chi connectivity index (χ0n) is 10.7. The maximum atomic E-state index is 4.26. The average Bonchev–Trinajstić information content (AvgIpc) is 2.66. The maximum absolute atomic E-state index is 4.26. The molecule has 0 amide bonds. The van der Waals surface area contributed by atoms with Crippen LogP contribution in [-0.4, -0.2) is 16.2 Å². The molecule has 1 aromatic rings. The van der Waals surface area contributed by atoms with Crippen molar-refractivity contribution in [2.45, 2.75) is 45.7 Å². The van der Waals surface area contributed by atoms with Gasteiger partial charge in [0.25, 0.3) is 0 Å². The van der Waals surface area contributed by atoms with Gasteiger partial charge in [-0.05, 0) is 56.8 Å². The molecule has 17 heavy (non-hydrogen) atoms. The third-order valence-electron chi connectivity index (χ3n) is 5.53. The highest BCUT2D eigenvalue weighted by Crippen LogP contribution is 2.65. The fourth-order valence-electron chi connectivity index (χ4n) is 4.65. The van der Waals surface area contributed by atoms with Gasteiger partial charge in [-0.1, -0.05) is 0 Å². The molecular weight excluding hydrogens is 210 g/mol. The Bertz CT molecular complexity index is 415. The molecule has 2 bridgehead atoms. The Labute approximate surface area is 102 Å². The second-order valence-electron chi connectivity index (χ2n) is 6.31. The van der Waals surface area contributed by atoms with E-state index in [0.717, 1.165) is 42.0 Å². The Hall–Kier alpha value is -0.830. The van der Waals surface area contributed by atoms with Gasteiger partial charge in [0, 0.05) is 23.8 Å². The topological polar surface area (TPSA) is 40.7 Å². The molecule has 0 radical (unpaired) electrons. The average molecular weight is 231 g/mol. The van der Waals surface area contributed by atoms with Crippen LogP contribution in [0, 0.1) is 37.5 Å². The zero-order chi connectivity index (χ0) is 11.6. The van der Waals surface area contributed by atoms with Gasteiger partial charge in [0.2, 0.25) is 0 Å². The number of nitrogens with one attached hydrogen (secondary N) is 2. The molecule has 3 aliphatic carbocycles. The van der Waals surface area contributed by atoms with Gasteiger partial charge in [-0.3, -0.25) is 5.10 Å². The van der Waals surface area contributed by atoms with Gasteiger partial charge in [0.15, 0.2) is 0 Å². The predicted molar refractivity (Wildman–Crippen MR) is 66.5 cm³/mol. The standard InChI is InChI=1S/C14H21N3/c1-7-11(8(2)17-16-7)6-15-14-12-9-3-4-10(5-9)13(12)14/h9-10,12-15H,3-6H2,1-2H3,(H,16,17). The van der Waals surface area contributed by atoms with Gasteiger partial charge in [-0.25, -0.2) is 0 Å². The minimum absolute atomic E-state index is 0.829. The van der Waals surface area contributed by atoms with E-state index in [9.17, 15) is 0 Å². The van der Waals surface area contributed by atoms with Gasteiger partial charge >= 0.3 is 0 Å². The number of hydrogen-bond acceptors (Lipinski definition) is 2. The highest BCUT2D eigenvalue weighted by atomic mass is 15.1. The van der Waals surface area contributed by atoms with Crippen molar-refractivity contribution >= 4 is 0 Å². The van der Waals surface area contributed by atoms with Crippen LogP contribution >= 0.6 is 0 Å². The first-order valence-corrected chi connectivity index (χ1v) is 6.99. The summed E-state index contributed by atoms with van der Waals surface area (Å²) in [6.07, 6.45) is 4.55. The van der Waals surface area contributed by atoms with E-state index < -0.39 is 0 Å².